The van der Waals surface area contributed by atoms with Gasteiger partial charge in [-0.15, -0.1) is 10.2 Å². The molecule has 4 aromatic carbocycles. The van der Waals surface area contributed by atoms with Crippen molar-refractivity contribution in [1.29, 1.82) is 0 Å². The molecule has 0 spiro atoms. The Bertz CT molecular complexity index is 2670. The zero-order valence-electron chi connectivity index (χ0n) is 45.2. The Hall–Kier alpha value is -5.33. The van der Waals surface area contributed by atoms with E-state index >= 15 is 0 Å². The number of Topliss-reactive ketones (excluding diaryl/α,β-unsaturated/α-hetero) is 1. The average Bonchev–Trinajstić information content (AvgIpc) is 3.91. The van der Waals surface area contributed by atoms with Crippen molar-refractivity contribution in [3.63, 3.8) is 0 Å². The van der Waals surface area contributed by atoms with Gasteiger partial charge in [0.1, 0.15) is 5.78 Å². The minimum atomic E-state index is -0.809. The summed E-state index contributed by atoms with van der Waals surface area (Å²) in [5.41, 5.74) is 7.79. The van der Waals surface area contributed by atoms with Gasteiger partial charge in [-0.2, -0.15) is 10.0 Å². The van der Waals surface area contributed by atoms with Crippen LogP contribution in [0, 0.1) is 27.7 Å². The summed E-state index contributed by atoms with van der Waals surface area (Å²) in [5.74, 6) is 13.1. The molecule has 3 aliphatic heterocycles. The monoisotopic (exact) mass is 1210 g/mol. The number of nitrogens with two attached hydrogens (primary N) is 3. The molecule has 3 heterocycles. The maximum Gasteiger partial charge on any atom is 0.495 e. The van der Waals surface area contributed by atoms with Crippen LogP contribution in [0.15, 0.2) is 96.4 Å². The number of nitrogens with zero attached hydrogens (tertiary/aromatic N) is 4. The maximum absolute atomic E-state index is 11.8. The van der Waals surface area contributed by atoms with E-state index in [0.29, 0.717) is 22.9 Å². The molecule has 74 heavy (non-hydrogen) atoms. The number of esters is 1. The molecule has 0 aliphatic carbocycles. The summed E-state index contributed by atoms with van der Waals surface area (Å²) in [5, 5.41) is 11.3. The van der Waals surface area contributed by atoms with Gasteiger partial charge >= 0.3 is 13.1 Å². The number of ether oxygens (including phenoxy) is 3. The van der Waals surface area contributed by atoms with E-state index < -0.39 is 29.8 Å². The van der Waals surface area contributed by atoms with Crippen LogP contribution in [-0.2, 0) is 37.9 Å². The lowest BCUT2D eigenvalue weighted by atomic mass is 9.75. The SMILES string of the molecule is CC(=O)N1N=C(c2ccc(C)c(B3OC(C)(C)C(C)(C)O3)c2)OC1(C)C.CC(=O)N1N=C(c2ccc(C)c(Br)c2)OC1(C)C.CC(C)=O.COC(=O)c1ccc(C)c(Br)c1.Cc1ccc(C(=O)NN)cc1Br.NN. The summed E-state index contributed by atoms with van der Waals surface area (Å²) in [6.07, 6.45) is 0. The van der Waals surface area contributed by atoms with Crippen molar-refractivity contribution < 1.29 is 47.5 Å². The van der Waals surface area contributed by atoms with Crippen molar-refractivity contribution in [2.75, 3.05) is 7.11 Å². The van der Waals surface area contributed by atoms with E-state index in [-0.39, 0.29) is 29.5 Å². The highest BCUT2D eigenvalue weighted by Crippen LogP contribution is 2.37. The van der Waals surface area contributed by atoms with Crippen molar-refractivity contribution in [3.8, 4) is 0 Å². The van der Waals surface area contributed by atoms with Gasteiger partial charge in [0.25, 0.3) is 5.91 Å². The van der Waals surface area contributed by atoms with Crippen LogP contribution < -0.4 is 28.4 Å². The smallest absolute Gasteiger partial charge is 0.465 e. The molecule has 0 unspecified atom stereocenters. The largest absolute Gasteiger partial charge is 0.495 e. The molecule has 0 atom stereocenters. The number of amides is 3. The molecule has 402 valence electrons. The quantitative estimate of drug-likeness (QED) is 0.0479. The van der Waals surface area contributed by atoms with Gasteiger partial charge in [-0.25, -0.2) is 10.6 Å². The summed E-state index contributed by atoms with van der Waals surface area (Å²) in [7, 11) is 0.912. The number of nitrogens with one attached hydrogen (secondary N) is 1. The molecule has 3 aliphatic rings. The fourth-order valence-electron chi connectivity index (χ4n) is 6.53. The van der Waals surface area contributed by atoms with Gasteiger partial charge in [-0.3, -0.25) is 31.5 Å². The first-order valence-corrected chi connectivity index (χ1v) is 25.4. The molecular weight excluding hydrogens is 1150 g/mol. The zero-order valence-corrected chi connectivity index (χ0v) is 50.0. The van der Waals surface area contributed by atoms with E-state index in [1.54, 1.807) is 24.3 Å². The van der Waals surface area contributed by atoms with Gasteiger partial charge in [0.05, 0.1) is 23.9 Å². The molecule has 0 bridgehead atoms. The average molecular weight is 1220 g/mol. The van der Waals surface area contributed by atoms with Crippen LogP contribution in [0.3, 0.4) is 0 Å². The van der Waals surface area contributed by atoms with E-state index in [0.717, 1.165) is 52.3 Å². The van der Waals surface area contributed by atoms with Crippen LogP contribution in [0.2, 0.25) is 0 Å². The number of halogens is 3. The molecule has 7 rings (SSSR count). The predicted molar refractivity (Wildman–Crippen MR) is 300 cm³/mol. The highest BCUT2D eigenvalue weighted by molar-refractivity contribution is 9.11. The first-order chi connectivity index (χ1) is 34.2. The standard InChI is InChI=1S/C19H27BN2O4.C13H15BrN2O2.C9H9BrO2.C8H9BrN2O.C3H6O.H4N2/c1-12-9-10-14(16-21-22(13(2)23)19(7,8)24-16)11-15(12)20-25-17(3,4)18(5,6)26-20;1-8-5-6-10(7-11(8)14)12-15-16(9(2)17)13(3,4)18-12;1-6-3-4-7(5-8(6)10)9(11)12-2;1-5-2-3-6(4-7(5)9)8(12)11-10;1-3(2)4;1-2/h9-11H,1-8H3;5-7H,1-4H3;3-5H,1-2H3;2-4H,10H2,1H3,(H,11,12);1-2H3;1-2H2. The number of carbonyl (C=O) groups excluding carboxylic acids is 5. The fourth-order valence-corrected chi connectivity index (χ4v) is 7.67. The number of nitrogen functional groups attached to an aromatic ring is 1. The topological polar surface area (TPSA) is 253 Å². The Labute approximate surface area is 460 Å². The number of methoxy groups -OCH3 is 1. The number of hydrogen-bond donors (Lipinski definition) is 4. The summed E-state index contributed by atoms with van der Waals surface area (Å²) < 4.78 is 31.4. The van der Waals surface area contributed by atoms with Crippen molar-refractivity contribution >= 4 is 102 Å². The molecule has 7 N–H and O–H groups in total. The Kier molecular flexibility index (Phi) is 24.0. The molecule has 1 fully saturated rings. The Morgan fingerprint density at radius 1 is 0.581 bits per heavy atom. The molecule has 3 amide bonds. The Morgan fingerprint density at radius 3 is 1.28 bits per heavy atom. The van der Waals surface area contributed by atoms with Gasteiger partial charge in [0.2, 0.25) is 35.1 Å². The minimum Gasteiger partial charge on any atom is -0.465 e. The molecule has 0 radical (unpaired) electrons. The van der Waals surface area contributed by atoms with E-state index in [9.17, 15) is 24.0 Å². The van der Waals surface area contributed by atoms with E-state index in [2.05, 4.69) is 79.8 Å². The van der Waals surface area contributed by atoms with Gasteiger partial charge in [0, 0.05) is 44.0 Å². The highest BCUT2D eigenvalue weighted by atomic mass is 79.9. The summed E-state index contributed by atoms with van der Waals surface area (Å²) >= 11 is 10.1. The molecule has 1 saturated heterocycles. The third-order valence-electron chi connectivity index (χ3n) is 11.3. The third kappa shape index (κ3) is 17.6. The number of ketones is 1. The number of hydrazone groups is 2. The number of benzene rings is 4. The highest BCUT2D eigenvalue weighted by Gasteiger charge is 2.52. The molecule has 0 saturated carbocycles. The van der Waals surface area contributed by atoms with Crippen LogP contribution in [0.4, 0.5) is 0 Å². The number of hydrogen-bond acceptors (Lipinski definition) is 15. The zero-order chi connectivity index (χ0) is 56.8. The predicted octanol–water partition coefficient (Wildman–Crippen LogP) is 8.92. The van der Waals surface area contributed by atoms with Crippen LogP contribution in [0.1, 0.15) is 137 Å². The summed E-state index contributed by atoms with van der Waals surface area (Å²) in [4.78, 5) is 54.8. The van der Waals surface area contributed by atoms with Crippen LogP contribution >= 0.6 is 47.8 Å². The normalized spacial score (nSPS) is 15.9. The van der Waals surface area contributed by atoms with Crippen LogP contribution in [0.25, 0.3) is 0 Å². The van der Waals surface area contributed by atoms with Gasteiger partial charge < -0.3 is 28.3 Å². The minimum absolute atomic E-state index is 0.138. The van der Waals surface area contributed by atoms with Crippen molar-refractivity contribution in [2.24, 2.45) is 27.7 Å². The summed E-state index contributed by atoms with van der Waals surface area (Å²) in [6, 6.07) is 22.4. The summed E-state index contributed by atoms with van der Waals surface area (Å²) in [6.45, 7) is 29.3. The molecule has 0 aromatic heterocycles. The van der Waals surface area contributed by atoms with Crippen LogP contribution in [-0.4, -0.2) is 88.2 Å². The van der Waals surface area contributed by atoms with Gasteiger partial charge in [-0.05, 0) is 168 Å². The molecule has 18 nitrogen and oxygen atoms in total. The first-order valence-electron chi connectivity index (χ1n) is 23.0. The van der Waals surface area contributed by atoms with Gasteiger partial charge in [0.15, 0.2) is 0 Å². The van der Waals surface area contributed by atoms with Crippen molar-refractivity contribution in [2.45, 2.75) is 133 Å². The number of hydrazine groups is 2. The fraction of sp³-hybridized carbons (Fsp3) is 0.404. The Balaban J connectivity index is 0.000000342. The molecular formula is C52H70BBr3N8O10. The molecule has 4 aromatic rings. The third-order valence-corrected chi connectivity index (χ3v) is 13.9. The van der Waals surface area contributed by atoms with Crippen molar-refractivity contribution in [3.05, 3.63) is 131 Å². The lowest BCUT2D eigenvalue weighted by Crippen LogP contribution is -2.41. The van der Waals surface area contributed by atoms with E-state index in [4.69, 9.17) is 24.6 Å². The number of carbonyl (C=O) groups is 5. The van der Waals surface area contributed by atoms with Crippen molar-refractivity contribution in [1.82, 2.24) is 15.4 Å². The number of aryl methyl sites for hydroxylation is 4. The van der Waals surface area contributed by atoms with Gasteiger partial charge in [-0.1, -0.05) is 77.6 Å². The Morgan fingerprint density at radius 2 is 0.932 bits per heavy atom. The maximum atomic E-state index is 11.8. The van der Waals surface area contributed by atoms with E-state index in [1.165, 1.54) is 44.8 Å². The number of rotatable bonds is 5. The van der Waals surface area contributed by atoms with E-state index in [1.807, 2.05) is 132 Å². The lowest BCUT2D eigenvalue weighted by Gasteiger charge is -2.32. The second kappa shape index (κ2) is 27.5. The second-order valence-electron chi connectivity index (χ2n) is 19.0. The first kappa shape index (κ1) is 64.8. The second-order valence-corrected chi connectivity index (χ2v) is 21.6. The lowest BCUT2D eigenvalue weighted by molar-refractivity contribution is -0.143. The molecule has 22 heteroatoms. The van der Waals surface area contributed by atoms with Crippen LogP contribution in [0.5, 0.6) is 0 Å².